The van der Waals surface area contributed by atoms with Crippen molar-refractivity contribution in [3.05, 3.63) is 59.5 Å². The van der Waals surface area contributed by atoms with Crippen molar-refractivity contribution in [2.24, 2.45) is 0 Å². The van der Waals surface area contributed by atoms with Crippen molar-refractivity contribution in [1.82, 2.24) is 10.2 Å². The Kier molecular flexibility index (Phi) is 5.82. The van der Waals surface area contributed by atoms with E-state index in [0.717, 1.165) is 18.8 Å². The number of amides is 1. The molecule has 0 radical (unpaired) electrons. The average molecular weight is 354 g/mol. The molecule has 0 bridgehead atoms. The van der Waals surface area contributed by atoms with Gasteiger partial charge in [-0.15, -0.1) is 0 Å². The third-order valence-corrected chi connectivity index (χ3v) is 5.17. The summed E-state index contributed by atoms with van der Waals surface area (Å²) in [5, 5.41) is 3.10. The lowest BCUT2D eigenvalue weighted by molar-refractivity contribution is 0.0914. The number of nitrogens with one attached hydrogen (secondary N) is 1. The summed E-state index contributed by atoms with van der Waals surface area (Å²) in [6, 6.07) is 11.9. The first-order valence-electron chi connectivity index (χ1n) is 9.61. The van der Waals surface area contributed by atoms with Gasteiger partial charge in [0.2, 0.25) is 0 Å². The second kappa shape index (κ2) is 8.09. The molecule has 1 atom stereocenters. The molecule has 4 nitrogen and oxygen atoms in total. The summed E-state index contributed by atoms with van der Waals surface area (Å²) in [4.78, 5) is 15.0. The molecule has 0 aliphatic carbocycles. The van der Waals surface area contributed by atoms with Gasteiger partial charge in [-0.25, -0.2) is 0 Å². The lowest BCUT2D eigenvalue weighted by Gasteiger charge is -2.33. The summed E-state index contributed by atoms with van der Waals surface area (Å²) < 4.78 is 5.65. The van der Waals surface area contributed by atoms with E-state index in [-0.39, 0.29) is 17.4 Å². The minimum Gasteiger partial charge on any atom is -0.468 e. The van der Waals surface area contributed by atoms with E-state index < -0.39 is 0 Å². The number of piperidine rings is 1. The highest BCUT2D eigenvalue weighted by Crippen LogP contribution is 2.25. The van der Waals surface area contributed by atoms with Gasteiger partial charge in [-0.05, 0) is 61.2 Å². The number of rotatable bonds is 5. The molecule has 1 aliphatic rings. The minimum atomic E-state index is -0.0287. The van der Waals surface area contributed by atoms with Gasteiger partial charge in [-0.1, -0.05) is 39.3 Å². The van der Waals surface area contributed by atoms with Crippen LogP contribution in [0.1, 0.15) is 67.8 Å². The van der Waals surface area contributed by atoms with Crippen molar-refractivity contribution < 1.29 is 9.21 Å². The molecule has 1 aromatic heterocycles. The van der Waals surface area contributed by atoms with E-state index in [1.165, 1.54) is 24.8 Å². The predicted molar refractivity (Wildman–Crippen MR) is 104 cm³/mol. The standard InChI is InChI=1S/C22H30N2O2/c1-22(2,3)18-11-9-17(10-12-18)21(25)23-16-19(20-8-7-15-26-20)24-13-5-4-6-14-24/h7-12,15,19H,4-6,13-14,16H2,1-3H3,(H,23,25)/t19-/m0/s1. The van der Waals surface area contributed by atoms with Crippen molar-refractivity contribution >= 4 is 5.91 Å². The number of benzene rings is 1. The Morgan fingerprint density at radius 3 is 2.38 bits per heavy atom. The number of hydrogen-bond acceptors (Lipinski definition) is 3. The van der Waals surface area contributed by atoms with E-state index >= 15 is 0 Å². The van der Waals surface area contributed by atoms with E-state index in [2.05, 4.69) is 31.0 Å². The SMILES string of the molecule is CC(C)(C)c1ccc(C(=O)NC[C@@H](c2ccco2)N2CCCCC2)cc1. The summed E-state index contributed by atoms with van der Waals surface area (Å²) in [5.41, 5.74) is 2.03. The first-order chi connectivity index (χ1) is 12.4. The zero-order valence-electron chi connectivity index (χ0n) is 16.1. The molecule has 140 valence electrons. The van der Waals surface area contributed by atoms with Gasteiger partial charge in [0, 0.05) is 12.1 Å². The van der Waals surface area contributed by atoms with Gasteiger partial charge in [0.25, 0.3) is 5.91 Å². The number of carbonyl (C=O) groups is 1. The molecule has 1 aliphatic heterocycles. The van der Waals surface area contributed by atoms with Crippen LogP contribution < -0.4 is 5.32 Å². The predicted octanol–water partition coefficient (Wildman–Crippen LogP) is 4.53. The molecule has 1 amide bonds. The van der Waals surface area contributed by atoms with Crippen LogP contribution >= 0.6 is 0 Å². The maximum atomic E-state index is 12.6. The van der Waals surface area contributed by atoms with Crippen molar-refractivity contribution in [2.75, 3.05) is 19.6 Å². The van der Waals surface area contributed by atoms with Gasteiger partial charge >= 0.3 is 0 Å². The fourth-order valence-electron chi connectivity index (χ4n) is 3.53. The summed E-state index contributed by atoms with van der Waals surface area (Å²) in [5.74, 6) is 0.898. The zero-order valence-corrected chi connectivity index (χ0v) is 16.1. The number of hydrogen-bond donors (Lipinski definition) is 1. The zero-order chi connectivity index (χ0) is 18.6. The molecule has 2 aromatic rings. The van der Waals surface area contributed by atoms with E-state index in [1.807, 2.05) is 36.4 Å². The topological polar surface area (TPSA) is 45.5 Å². The van der Waals surface area contributed by atoms with Crippen LogP contribution in [-0.2, 0) is 5.41 Å². The second-order valence-electron chi connectivity index (χ2n) is 8.17. The Bertz CT molecular complexity index is 693. The minimum absolute atomic E-state index is 0.0287. The molecular formula is C22H30N2O2. The van der Waals surface area contributed by atoms with Crippen molar-refractivity contribution in [3.8, 4) is 0 Å². The Morgan fingerprint density at radius 2 is 1.81 bits per heavy atom. The van der Waals surface area contributed by atoms with Gasteiger partial charge in [-0.3, -0.25) is 9.69 Å². The number of likely N-dealkylation sites (tertiary alicyclic amines) is 1. The monoisotopic (exact) mass is 354 g/mol. The first kappa shape index (κ1) is 18.7. The fourth-order valence-corrected chi connectivity index (χ4v) is 3.53. The van der Waals surface area contributed by atoms with Gasteiger partial charge in [0.1, 0.15) is 5.76 Å². The molecule has 1 aromatic carbocycles. The molecule has 26 heavy (non-hydrogen) atoms. The van der Waals surface area contributed by atoms with Crippen LogP contribution in [0.3, 0.4) is 0 Å². The van der Waals surface area contributed by atoms with Crippen molar-refractivity contribution in [3.63, 3.8) is 0 Å². The highest BCUT2D eigenvalue weighted by molar-refractivity contribution is 5.94. The number of nitrogens with zero attached hydrogens (tertiary/aromatic N) is 1. The van der Waals surface area contributed by atoms with E-state index in [0.29, 0.717) is 12.1 Å². The van der Waals surface area contributed by atoms with Crippen molar-refractivity contribution in [2.45, 2.75) is 51.5 Å². The van der Waals surface area contributed by atoms with Crippen LogP contribution in [0.5, 0.6) is 0 Å². The Hall–Kier alpha value is -2.07. The summed E-state index contributed by atoms with van der Waals surface area (Å²) >= 11 is 0. The normalized spacial score (nSPS) is 17.0. The van der Waals surface area contributed by atoms with Crippen LogP contribution in [0.15, 0.2) is 47.1 Å². The Balaban J connectivity index is 1.65. The maximum Gasteiger partial charge on any atom is 0.251 e. The molecule has 4 heteroatoms. The lowest BCUT2D eigenvalue weighted by Crippen LogP contribution is -2.40. The highest BCUT2D eigenvalue weighted by Gasteiger charge is 2.25. The van der Waals surface area contributed by atoms with E-state index in [1.54, 1.807) is 6.26 Å². The maximum absolute atomic E-state index is 12.6. The Morgan fingerprint density at radius 1 is 1.12 bits per heavy atom. The largest absolute Gasteiger partial charge is 0.468 e. The number of furan rings is 1. The smallest absolute Gasteiger partial charge is 0.251 e. The molecule has 1 saturated heterocycles. The highest BCUT2D eigenvalue weighted by atomic mass is 16.3. The molecule has 0 spiro atoms. The molecule has 1 fully saturated rings. The summed E-state index contributed by atoms with van der Waals surface area (Å²) in [6.45, 7) is 9.20. The van der Waals surface area contributed by atoms with Crippen LogP contribution in [0, 0.1) is 0 Å². The number of carbonyl (C=O) groups excluding carboxylic acids is 1. The third-order valence-electron chi connectivity index (χ3n) is 5.17. The lowest BCUT2D eigenvalue weighted by atomic mass is 9.87. The van der Waals surface area contributed by atoms with Crippen LogP contribution in [0.25, 0.3) is 0 Å². The molecular weight excluding hydrogens is 324 g/mol. The van der Waals surface area contributed by atoms with Crippen LogP contribution in [-0.4, -0.2) is 30.4 Å². The third kappa shape index (κ3) is 4.55. The van der Waals surface area contributed by atoms with Gasteiger partial charge < -0.3 is 9.73 Å². The first-order valence-corrected chi connectivity index (χ1v) is 9.61. The Labute approximate surface area is 156 Å². The average Bonchev–Trinajstić information content (AvgIpc) is 3.16. The summed E-state index contributed by atoms with van der Waals surface area (Å²) in [6.07, 6.45) is 5.41. The molecule has 1 N–H and O–H groups in total. The fraction of sp³-hybridized carbons (Fsp3) is 0.500. The quantitative estimate of drug-likeness (QED) is 0.858. The van der Waals surface area contributed by atoms with Crippen LogP contribution in [0.2, 0.25) is 0 Å². The van der Waals surface area contributed by atoms with Gasteiger partial charge in [0.05, 0.1) is 12.3 Å². The summed E-state index contributed by atoms with van der Waals surface area (Å²) in [7, 11) is 0. The van der Waals surface area contributed by atoms with E-state index in [9.17, 15) is 4.79 Å². The van der Waals surface area contributed by atoms with E-state index in [4.69, 9.17) is 4.42 Å². The van der Waals surface area contributed by atoms with Gasteiger partial charge in [-0.2, -0.15) is 0 Å². The second-order valence-corrected chi connectivity index (χ2v) is 8.17. The van der Waals surface area contributed by atoms with Gasteiger partial charge in [0.15, 0.2) is 0 Å². The molecule has 0 saturated carbocycles. The molecule has 0 unspecified atom stereocenters. The molecule has 3 rings (SSSR count). The molecule has 2 heterocycles. The van der Waals surface area contributed by atoms with Crippen molar-refractivity contribution in [1.29, 1.82) is 0 Å². The van der Waals surface area contributed by atoms with Crippen LogP contribution in [0.4, 0.5) is 0 Å².